The number of carbonyl (C=O) groups excluding carboxylic acids is 2. The molecule has 10 heteroatoms. The molecule has 142 valence electrons. The van der Waals surface area contributed by atoms with E-state index in [0.717, 1.165) is 0 Å². The highest BCUT2D eigenvalue weighted by molar-refractivity contribution is 6.05. The van der Waals surface area contributed by atoms with E-state index in [2.05, 4.69) is 15.8 Å². The first kappa shape index (κ1) is 19.6. The van der Waals surface area contributed by atoms with Crippen LogP contribution in [0.5, 0.6) is 0 Å². The molecule has 1 aromatic carbocycles. The van der Waals surface area contributed by atoms with Gasteiger partial charge < -0.3 is 25.4 Å². The molecule has 0 saturated heterocycles. The summed E-state index contributed by atoms with van der Waals surface area (Å²) in [6, 6.07) is 4.44. The molecule has 1 unspecified atom stereocenters. The van der Waals surface area contributed by atoms with Crippen LogP contribution in [-0.4, -0.2) is 45.2 Å². The zero-order valence-electron chi connectivity index (χ0n) is 14.3. The molecule has 27 heavy (non-hydrogen) atoms. The van der Waals surface area contributed by atoms with Crippen molar-refractivity contribution in [3.05, 3.63) is 47.3 Å². The first-order chi connectivity index (χ1) is 12.8. The maximum atomic E-state index is 12.1. The maximum absolute atomic E-state index is 12.1. The summed E-state index contributed by atoms with van der Waals surface area (Å²) < 4.78 is 4.82. The number of carboxylic acid groups (broad SMARTS) is 2. The van der Waals surface area contributed by atoms with Gasteiger partial charge in [-0.05, 0) is 37.6 Å². The number of benzene rings is 1. The lowest BCUT2D eigenvalue weighted by Gasteiger charge is -2.13. The van der Waals surface area contributed by atoms with Crippen molar-refractivity contribution in [2.75, 3.05) is 5.32 Å². The molecule has 4 N–H and O–H groups in total. The van der Waals surface area contributed by atoms with E-state index in [1.54, 1.807) is 6.92 Å². The van der Waals surface area contributed by atoms with Gasteiger partial charge in [-0.1, -0.05) is 5.16 Å². The summed E-state index contributed by atoms with van der Waals surface area (Å²) >= 11 is 0. The fourth-order valence-corrected chi connectivity index (χ4v) is 2.19. The van der Waals surface area contributed by atoms with E-state index < -0.39 is 29.8 Å². The average Bonchev–Trinajstić information content (AvgIpc) is 3.04. The highest BCUT2D eigenvalue weighted by atomic mass is 16.5. The molecule has 1 heterocycles. The first-order valence-electron chi connectivity index (χ1n) is 7.86. The van der Waals surface area contributed by atoms with Gasteiger partial charge in [0.15, 0.2) is 0 Å². The van der Waals surface area contributed by atoms with Crippen molar-refractivity contribution in [3.8, 4) is 0 Å². The molecule has 0 bridgehead atoms. The fourth-order valence-electron chi connectivity index (χ4n) is 2.19. The summed E-state index contributed by atoms with van der Waals surface area (Å²) in [7, 11) is 0. The third kappa shape index (κ3) is 5.39. The van der Waals surface area contributed by atoms with E-state index in [0.29, 0.717) is 11.4 Å². The van der Waals surface area contributed by atoms with Gasteiger partial charge in [-0.25, -0.2) is 4.79 Å². The quantitative estimate of drug-likeness (QED) is 0.537. The lowest BCUT2D eigenvalue weighted by Crippen LogP contribution is -2.41. The van der Waals surface area contributed by atoms with Crippen LogP contribution in [0.15, 0.2) is 35.0 Å². The van der Waals surface area contributed by atoms with Gasteiger partial charge in [0.2, 0.25) is 0 Å². The Bertz CT molecular complexity index is 858. The van der Waals surface area contributed by atoms with Crippen LogP contribution in [0.4, 0.5) is 5.69 Å². The molecular weight excluding hydrogens is 358 g/mol. The second kappa shape index (κ2) is 8.61. The second-order valence-corrected chi connectivity index (χ2v) is 5.62. The Morgan fingerprint density at radius 3 is 2.30 bits per heavy atom. The number of nitrogens with zero attached hydrogens (tertiary/aromatic N) is 1. The molecular formula is C17H17N3O7. The van der Waals surface area contributed by atoms with Crippen molar-refractivity contribution in [1.29, 1.82) is 0 Å². The molecule has 10 nitrogen and oxygen atoms in total. The van der Waals surface area contributed by atoms with Gasteiger partial charge in [-0.3, -0.25) is 14.4 Å². The van der Waals surface area contributed by atoms with Gasteiger partial charge in [-0.2, -0.15) is 0 Å². The molecule has 0 fully saturated rings. The van der Waals surface area contributed by atoms with Crippen LogP contribution in [0.3, 0.4) is 0 Å². The number of hydrogen-bond donors (Lipinski definition) is 4. The minimum atomic E-state index is -1.32. The van der Waals surface area contributed by atoms with E-state index in [1.807, 2.05) is 0 Å². The maximum Gasteiger partial charge on any atom is 0.326 e. The van der Waals surface area contributed by atoms with Crippen LogP contribution in [-0.2, 0) is 9.59 Å². The summed E-state index contributed by atoms with van der Waals surface area (Å²) in [5.74, 6) is -3.20. The normalized spacial score (nSPS) is 11.4. The summed E-state index contributed by atoms with van der Waals surface area (Å²) in [6.45, 7) is 1.60. The van der Waals surface area contributed by atoms with Crippen LogP contribution < -0.4 is 10.6 Å². The number of carboxylic acids is 2. The largest absolute Gasteiger partial charge is 0.481 e. The van der Waals surface area contributed by atoms with Crippen LogP contribution >= 0.6 is 0 Å². The Hall–Kier alpha value is -3.69. The number of aromatic nitrogens is 1. The predicted octanol–water partition coefficient (Wildman–Crippen LogP) is 1.28. The Morgan fingerprint density at radius 2 is 1.78 bits per heavy atom. The van der Waals surface area contributed by atoms with Crippen LogP contribution in [0.1, 0.15) is 39.3 Å². The van der Waals surface area contributed by atoms with Gasteiger partial charge in [0.25, 0.3) is 11.8 Å². The van der Waals surface area contributed by atoms with Gasteiger partial charge in [0.05, 0.1) is 6.20 Å². The number of amides is 2. The number of aryl methyl sites for hydroxylation is 1. The number of hydrogen-bond acceptors (Lipinski definition) is 6. The molecule has 1 aromatic heterocycles. The molecule has 0 aliphatic rings. The summed E-state index contributed by atoms with van der Waals surface area (Å²) in [5.41, 5.74) is 0.855. The van der Waals surface area contributed by atoms with Gasteiger partial charge in [-0.15, -0.1) is 0 Å². The Kier molecular flexibility index (Phi) is 6.26. The van der Waals surface area contributed by atoms with Crippen molar-refractivity contribution in [2.45, 2.75) is 25.8 Å². The minimum absolute atomic E-state index is 0.163. The van der Waals surface area contributed by atoms with Crippen LogP contribution in [0.2, 0.25) is 0 Å². The summed E-state index contributed by atoms with van der Waals surface area (Å²) in [6.07, 6.45) is 0.669. The topological polar surface area (TPSA) is 159 Å². The van der Waals surface area contributed by atoms with Gasteiger partial charge in [0.1, 0.15) is 17.4 Å². The number of carbonyl (C=O) groups is 4. The molecule has 0 aliphatic heterocycles. The smallest absolute Gasteiger partial charge is 0.326 e. The Morgan fingerprint density at radius 1 is 1.11 bits per heavy atom. The van der Waals surface area contributed by atoms with Crippen LogP contribution in [0, 0.1) is 6.92 Å². The first-order valence-corrected chi connectivity index (χ1v) is 7.86. The SMILES string of the molecule is Cc1oncc1C(=O)Nc1ccc(C(=O)NC(CCC(=O)O)C(=O)O)cc1. The summed E-state index contributed by atoms with van der Waals surface area (Å²) in [5, 5.41) is 26.1. The molecule has 0 spiro atoms. The number of anilines is 1. The molecule has 2 amide bonds. The van der Waals surface area contributed by atoms with E-state index in [-0.39, 0.29) is 24.0 Å². The third-order valence-corrected chi connectivity index (χ3v) is 3.65. The number of aliphatic carboxylic acids is 2. The van der Waals surface area contributed by atoms with E-state index in [9.17, 15) is 19.2 Å². The minimum Gasteiger partial charge on any atom is -0.481 e. The Balaban J connectivity index is 2.00. The second-order valence-electron chi connectivity index (χ2n) is 5.62. The van der Waals surface area contributed by atoms with Crippen molar-refractivity contribution < 1.29 is 33.9 Å². The highest BCUT2D eigenvalue weighted by Crippen LogP contribution is 2.13. The molecule has 2 rings (SSSR count). The number of rotatable bonds is 8. The molecule has 0 saturated carbocycles. The fraction of sp³-hybridized carbons (Fsp3) is 0.235. The van der Waals surface area contributed by atoms with E-state index in [4.69, 9.17) is 14.7 Å². The van der Waals surface area contributed by atoms with Crippen LogP contribution in [0.25, 0.3) is 0 Å². The molecule has 1 atom stereocenters. The van der Waals surface area contributed by atoms with E-state index >= 15 is 0 Å². The predicted molar refractivity (Wildman–Crippen MR) is 91.4 cm³/mol. The van der Waals surface area contributed by atoms with Crippen molar-refractivity contribution in [2.24, 2.45) is 0 Å². The van der Waals surface area contributed by atoms with Gasteiger partial charge >= 0.3 is 11.9 Å². The number of nitrogens with one attached hydrogen (secondary N) is 2. The third-order valence-electron chi connectivity index (χ3n) is 3.65. The molecule has 0 radical (unpaired) electrons. The monoisotopic (exact) mass is 375 g/mol. The standard InChI is InChI=1S/C17H17N3O7/c1-9-12(8-18-27-9)16(24)19-11-4-2-10(3-5-11)15(23)20-13(17(25)26)6-7-14(21)22/h2-5,8,13H,6-7H2,1H3,(H,19,24)(H,20,23)(H,21,22)(H,25,26). The van der Waals surface area contributed by atoms with Crippen molar-refractivity contribution in [1.82, 2.24) is 10.5 Å². The Labute approximate surface area is 153 Å². The van der Waals surface area contributed by atoms with E-state index in [1.165, 1.54) is 30.5 Å². The average molecular weight is 375 g/mol. The van der Waals surface area contributed by atoms with Crippen molar-refractivity contribution >= 4 is 29.4 Å². The lowest BCUT2D eigenvalue weighted by molar-refractivity contribution is -0.140. The zero-order chi connectivity index (χ0) is 20.0. The molecule has 0 aliphatic carbocycles. The summed E-state index contributed by atoms with van der Waals surface area (Å²) in [4.78, 5) is 45.9. The zero-order valence-corrected chi connectivity index (χ0v) is 14.3. The molecule has 2 aromatic rings. The lowest BCUT2D eigenvalue weighted by atomic mass is 10.1. The van der Waals surface area contributed by atoms with Crippen molar-refractivity contribution in [3.63, 3.8) is 0 Å². The highest BCUT2D eigenvalue weighted by Gasteiger charge is 2.21. The van der Waals surface area contributed by atoms with Gasteiger partial charge in [0, 0.05) is 17.7 Å².